The summed E-state index contributed by atoms with van der Waals surface area (Å²) in [6.45, 7) is 0.915. The van der Waals surface area contributed by atoms with E-state index in [1.165, 1.54) is 0 Å². The quantitative estimate of drug-likeness (QED) is 0.403. The van der Waals surface area contributed by atoms with Crippen LogP contribution in [0, 0.1) is 0 Å². The molecule has 0 spiro atoms. The fourth-order valence-electron chi connectivity index (χ4n) is 3.14. The van der Waals surface area contributed by atoms with Crippen LogP contribution < -0.4 is 5.32 Å². The molecule has 1 fully saturated rings. The van der Waals surface area contributed by atoms with E-state index in [1.54, 1.807) is 18.2 Å². The molecule has 0 aromatic heterocycles. The van der Waals surface area contributed by atoms with E-state index in [9.17, 15) is 35.9 Å². The average molecular weight is 506 g/mol. The number of carboxylic acid groups (broad SMARTS) is 1. The first-order valence-corrected chi connectivity index (χ1v) is 10.2. The van der Waals surface area contributed by atoms with Gasteiger partial charge in [-0.05, 0) is 24.1 Å². The van der Waals surface area contributed by atoms with Crippen molar-refractivity contribution < 1.29 is 45.8 Å². The SMILES string of the molecule is O=C(O)CCCNc1cc(Cl)ccc1CN1CCN(C(=O)OC(C(F)(F)F)C(F)(F)F)CC1. The van der Waals surface area contributed by atoms with Crippen LogP contribution in [-0.2, 0) is 16.1 Å². The van der Waals surface area contributed by atoms with Gasteiger partial charge in [-0.15, -0.1) is 0 Å². The molecular formula is C19H22ClF6N3O4. The summed E-state index contributed by atoms with van der Waals surface area (Å²) in [4.78, 5) is 25.2. The Balaban J connectivity index is 1.92. The Hall–Kier alpha value is -2.41. The summed E-state index contributed by atoms with van der Waals surface area (Å²) in [5.74, 6) is -0.920. The molecule has 1 aliphatic rings. The lowest BCUT2D eigenvalue weighted by atomic mass is 10.1. The van der Waals surface area contributed by atoms with Crippen molar-refractivity contribution in [3.8, 4) is 0 Å². The summed E-state index contributed by atoms with van der Waals surface area (Å²) < 4.78 is 79.3. The largest absolute Gasteiger partial charge is 0.481 e. The van der Waals surface area contributed by atoms with Crippen molar-refractivity contribution in [2.24, 2.45) is 0 Å². The molecular weight excluding hydrogens is 484 g/mol. The summed E-state index contributed by atoms with van der Waals surface area (Å²) in [5.41, 5.74) is 1.48. The Morgan fingerprint density at radius 3 is 2.24 bits per heavy atom. The topological polar surface area (TPSA) is 82.1 Å². The van der Waals surface area contributed by atoms with E-state index in [4.69, 9.17) is 16.7 Å². The number of nitrogens with one attached hydrogen (secondary N) is 1. The Kier molecular flexibility index (Phi) is 9.06. The number of hydrogen-bond donors (Lipinski definition) is 2. The minimum atomic E-state index is -5.77. The number of aliphatic carboxylic acids is 1. The second-order valence-corrected chi connectivity index (χ2v) is 7.77. The Morgan fingerprint density at radius 2 is 1.70 bits per heavy atom. The second kappa shape index (κ2) is 11.1. The van der Waals surface area contributed by atoms with Gasteiger partial charge < -0.3 is 20.1 Å². The molecule has 0 saturated carbocycles. The number of amides is 1. The number of ether oxygens (including phenoxy) is 1. The fourth-order valence-corrected chi connectivity index (χ4v) is 3.31. The highest BCUT2D eigenvalue weighted by Gasteiger charge is 2.60. The van der Waals surface area contributed by atoms with Gasteiger partial charge in [0, 0.05) is 56.4 Å². The minimum absolute atomic E-state index is 0.00943. The van der Waals surface area contributed by atoms with E-state index in [0.717, 1.165) is 10.5 Å². The predicted molar refractivity (Wildman–Crippen MR) is 106 cm³/mol. The average Bonchev–Trinajstić information content (AvgIpc) is 2.69. The molecule has 0 radical (unpaired) electrons. The summed E-state index contributed by atoms with van der Waals surface area (Å²) >= 11 is 6.02. The van der Waals surface area contributed by atoms with E-state index in [2.05, 4.69) is 10.1 Å². The van der Waals surface area contributed by atoms with Crippen molar-refractivity contribution in [2.75, 3.05) is 38.0 Å². The van der Waals surface area contributed by atoms with Gasteiger partial charge in [-0.2, -0.15) is 26.3 Å². The zero-order chi connectivity index (χ0) is 24.8. The van der Waals surface area contributed by atoms with Crippen molar-refractivity contribution in [1.29, 1.82) is 0 Å². The molecule has 0 bridgehead atoms. The van der Waals surface area contributed by atoms with E-state index < -0.39 is 30.5 Å². The molecule has 2 rings (SSSR count). The molecule has 1 aromatic carbocycles. The van der Waals surface area contributed by atoms with Crippen molar-refractivity contribution in [3.05, 3.63) is 28.8 Å². The number of nitrogens with zero attached hydrogens (tertiary/aromatic N) is 2. The smallest absolute Gasteiger partial charge is 0.434 e. The summed E-state index contributed by atoms with van der Waals surface area (Å²) in [6, 6.07) is 5.07. The van der Waals surface area contributed by atoms with Crippen LogP contribution >= 0.6 is 11.6 Å². The maximum absolute atomic E-state index is 12.6. The maximum atomic E-state index is 12.6. The zero-order valence-electron chi connectivity index (χ0n) is 17.2. The predicted octanol–water partition coefficient (Wildman–Crippen LogP) is 4.36. The van der Waals surface area contributed by atoms with Crippen LogP contribution in [0.2, 0.25) is 5.02 Å². The molecule has 1 aliphatic heterocycles. The van der Waals surface area contributed by atoms with Crippen LogP contribution in [0.1, 0.15) is 18.4 Å². The Labute approximate surface area is 190 Å². The number of carbonyl (C=O) groups excluding carboxylic acids is 1. The van der Waals surface area contributed by atoms with Crippen LogP contribution in [-0.4, -0.2) is 78.1 Å². The molecule has 1 aromatic rings. The lowest BCUT2D eigenvalue weighted by Crippen LogP contribution is -2.52. The van der Waals surface area contributed by atoms with Gasteiger partial charge in [0.2, 0.25) is 0 Å². The Bertz CT molecular complexity index is 815. The van der Waals surface area contributed by atoms with Gasteiger partial charge in [0.05, 0.1) is 0 Å². The number of alkyl halides is 6. The van der Waals surface area contributed by atoms with E-state index in [0.29, 0.717) is 30.2 Å². The molecule has 7 nitrogen and oxygen atoms in total. The van der Waals surface area contributed by atoms with Crippen LogP contribution in [0.5, 0.6) is 0 Å². The van der Waals surface area contributed by atoms with Gasteiger partial charge >= 0.3 is 24.4 Å². The van der Waals surface area contributed by atoms with Crippen molar-refractivity contribution in [1.82, 2.24) is 9.80 Å². The third kappa shape index (κ3) is 8.46. The summed E-state index contributed by atoms with van der Waals surface area (Å²) in [6.07, 6.45) is -17.0. The molecule has 0 unspecified atom stereocenters. The standard InChI is InChI=1S/C19H22ClF6N3O4/c20-13-4-3-12(14(10-13)27-5-1-2-15(30)31)11-28-6-8-29(9-7-28)17(32)33-16(18(21,22)23)19(24,25)26/h3-4,10,16,27H,1-2,5-9,11H2,(H,30,31). The first-order valence-electron chi connectivity index (χ1n) is 9.83. The number of piperazine rings is 1. The van der Waals surface area contributed by atoms with Gasteiger partial charge in [-0.25, -0.2) is 4.79 Å². The molecule has 186 valence electrons. The first kappa shape index (κ1) is 26.8. The summed E-state index contributed by atoms with van der Waals surface area (Å²) in [7, 11) is 0. The highest BCUT2D eigenvalue weighted by atomic mass is 35.5. The van der Waals surface area contributed by atoms with Crippen LogP contribution in [0.15, 0.2) is 18.2 Å². The number of hydrogen-bond acceptors (Lipinski definition) is 5. The van der Waals surface area contributed by atoms with Crippen molar-refractivity contribution in [3.63, 3.8) is 0 Å². The number of anilines is 1. The maximum Gasteiger partial charge on any atom is 0.434 e. The monoisotopic (exact) mass is 505 g/mol. The molecule has 2 N–H and O–H groups in total. The molecule has 33 heavy (non-hydrogen) atoms. The Morgan fingerprint density at radius 1 is 1.09 bits per heavy atom. The highest BCUT2D eigenvalue weighted by Crippen LogP contribution is 2.36. The van der Waals surface area contributed by atoms with Crippen LogP contribution in [0.25, 0.3) is 0 Å². The molecule has 1 saturated heterocycles. The highest BCUT2D eigenvalue weighted by molar-refractivity contribution is 6.30. The van der Waals surface area contributed by atoms with Gasteiger partial charge in [0.15, 0.2) is 0 Å². The van der Waals surface area contributed by atoms with Crippen LogP contribution in [0.3, 0.4) is 0 Å². The zero-order valence-corrected chi connectivity index (χ0v) is 17.9. The number of halogens is 7. The van der Waals surface area contributed by atoms with Crippen molar-refractivity contribution in [2.45, 2.75) is 37.8 Å². The third-order valence-corrected chi connectivity index (χ3v) is 5.03. The minimum Gasteiger partial charge on any atom is -0.481 e. The lowest BCUT2D eigenvalue weighted by Gasteiger charge is -2.35. The van der Waals surface area contributed by atoms with E-state index in [-0.39, 0.29) is 32.6 Å². The van der Waals surface area contributed by atoms with Crippen molar-refractivity contribution >= 4 is 29.4 Å². The number of rotatable bonds is 8. The lowest BCUT2D eigenvalue weighted by molar-refractivity contribution is -0.308. The van der Waals surface area contributed by atoms with E-state index >= 15 is 0 Å². The molecule has 0 atom stereocenters. The second-order valence-electron chi connectivity index (χ2n) is 7.34. The van der Waals surface area contributed by atoms with E-state index in [1.807, 2.05) is 4.90 Å². The van der Waals surface area contributed by atoms with Gasteiger partial charge in [-0.3, -0.25) is 9.69 Å². The molecule has 1 amide bonds. The molecule has 0 aliphatic carbocycles. The number of carbonyl (C=O) groups is 2. The van der Waals surface area contributed by atoms with Gasteiger partial charge in [-0.1, -0.05) is 17.7 Å². The molecule has 1 heterocycles. The number of benzene rings is 1. The number of carboxylic acids is 1. The van der Waals surface area contributed by atoms with Gasteiger partial charge in [0.1, 0.15) is 0 Å². The van der Waals surface area contributed by atoms with Gasteiger partial charge in [0.25, 0.3) is 6.10 Å². The van der Waals surface area contributed by atoms with Crippen LogP contribution in [0.4, 0.5) is 36.8 Å². The first-order chi connectivity index (χ1) is 15.3. The summed E-state index contributed by atoms with van der Waals surface area (Å²) in [5, 5.41) is 12.3. The third-order valence-electron chi connectivity index (χ3n) is 4.79. The normalized spacial score (nSPS) is 15.6. The fraction of sp³-hybridized carbons (Fsp3) is 0.579. The molecule has 14 heteroatoms.